The van der Waals surface area contributed by atoms with Gasteiger partial charge in [-0.3, -0.25) is 4.79 Å². The van der Waals surface area contributed by atoms with Crippen LogP contribution in [0.25, 0.3) is 0 Å². The van der Waals surface area contributed by atoms with Crippen LogP contribution in [0.1, 0.15) is 71.1 Å². The van der Waals surface area contributed by atoms with Gasteiger partial charge in [0.05, 0.1) is 27.6 Å². The maximum Gasteiger partial charge on any atom is 0.306 e. The van der Waals surface area contributed by atoms with Gasteiger partial charge >= 0.3 is 5.97 Å². The molecule has 0 bridgehead atoms. The summed E-state index contributed by atoms with van der Waals surface area (Å²) < 4.78 is 0.477. The third-order valence-electron chi connectivity index (χ3n) is 4.97. The highest BCUT2D eigenvalue weighted by molar-refractivity contribution is 5.68. The summed E-state index contributed by atoms with van der Waals surface area (Å²) in [5.41, 5.74) is -1.37. The largest absolute Gasteiger partial charge is 0.481 e. The van der Waals surface area contributed by atoms with Crippen LogP contribution in [0, 0.1) is 0 Å². The minimum Gasteiger partial charge on any atom is -0.481 e. The maximum atomic E-state index is 11.1. The van der Waals surface area contributed by atoms with Crippen LogP contribution >= 0.6 is 0 Å². The minimum absolute atomic E-state index is 0.314. The molecular weight excluding hydrogens is 410 g/mol. The first-order valence-electron chi connectivity index (χ1n) is 12.4. The Morgan fingerprint density at radius 2 is 1.18 bits per heavy atom. The van der Waals surface area contributed by atoms with E-state index in [4.69, 9.17) is 5.11 Å². The molecule has 0 heterocycles. The third-order valence-corrected chi connectivity index (χ3v) is 4.97. The average molecular weight is 459 g/mol. The van der Waals surface area contributed by atoms with Crippen molar-refractivity contribution in [1.29, 1.82) is 0 Å². The Morgan fingerprint density at radius 1 is 0.727 bits per heavy atom. The predicted molar refractivity (Wildman–Crippen MR) is 142 cm³/mol. The van der Waals surface area contributed by atoms with Crippen LogP contribution in [0.3, 0.4) is 0 Å². The summed E-state index contributed by atoms with van der Waals surface area (Å²) in [6.07, 6.45) is 34.7. The molecule has 33 heavy (non-hydrogen) atoms. The fourth-order valence-corrected chi connectivity index (χ4v) is 3.57. The summed E-state index contributed by atoms with van der Waals surface area (Å²) in [4.78, 5) is 11.1. The van der Waals surface area contributed by atoms with Gasteiger partial charge in [0.2, 0.25) is 0 Å². The van der Waals surface area contributed by atoms with Crippen molar-refractivity contribution in [2.75, 3.05) is 27.7 Å². The Morgan fingerprint density at radius 3 is 1.67 bits per heavy atom. The van der Waals surface area contributed by atoms with E-state index in [1.807, 2.05) is 63.7 Å². The van der Waals surface area contributed by atoms with Gasteiger partial charge < -0.3 is 14.7 Å². The molecule has 0 saturated heterocycles. The van der Waals surface area contributed by atoms with Crippen molar-refractivity contribution in [3.8, 4) is 0 Å². The zero-order valence-corrected chi connectivity index (χ0v) is 21.5. The smallest absolute Gasteiger partial charge is 0.306 e. The predicted octanol–water partition coefficient (Wildman–Crippen LogP) is 6.77. The normalized spacial score (nSPS) is 15.3. The number of likely N-dealkylation sites (N-methyl/N-ethyl adjacent to an activating group) is 1. The molecule has 4 nitrogen and oxygen atoms in total. The third kappa shape index (κ3) is 22.8. The molecule has 1 atom stereocenters. The van der Waals surface area contributed by atoms with Gasteiger partial charge in [-0.1, -0.05) is 119 Å². The zero-order chi connectivity index (χ0) is 24.8. The molecule has 0 spiro atoms. The quantitative estimate of drug-likeness (QED) is 0.128. The molecule has 0 aromatic carbocycles. The van der Waals surface area contributed by atoms with E-state index in [0.29, 0.717) is 11.0 Å². The zero-order valence-electron chi connectivity index (χ0n) is 21.5. The van der Waals surface area contributed by atoms with Gasteiger partial charge in [-0.25, -0.2) is 0 Å². The molecule has 0 aliphatic rings. The van der Waals surface area contributed by atoms with E-state index in [9.17, 15) is 9.90 Å². The molecular formula is C29H48NO3+. The maximum absolute atomic E-state index is 11.1. The number of carbonyl (C=O) groups is 1. The second kappa shape index (κ2) is 19.3. The molecule has 0 radical (unpaired) electrons. The number of carboxylic acids is 1. The summed E-state index contributed by atoms with van der Waals surface area (Å²) in [7, 11) is 5.77. The second-order valence-corrected chi connectivity index (χ2v) is 9.71. The number of unbranched alkanes of at least 4 members (excludes halogenated alkanes) is 8. The number of hydrogen-bond donors (Lipinski definition) is 2. The van der Waals surface area contributed by atoms with Crippen LogP contribution in [-0.4, -0.2) is 54.0 Å². The molecule has 186 valence electrons. The van der Waals surface area contributed by atoms with Crippen molar-refractivity contribution >= 4 is 5.97 Å². The SMILES string of the molecule is CCCCCCCCCCC=CC=CC=CC=CC=CC=C[C@@](O)(CC(=O)O)C[N+](C)(C)C. The highest BCUT2D eigenvalue weighted by Gasteiger charge is 2.33. The summed E-state index contributed by atoms with van der Waals surface area (Å²) in [5.74, 6) is -1.01. The number of quaternary nitrogens is 1. The number of aliphatic carboxylic acids is 1. The Labute approximate surface area is 203 Å². The molecule has 0 rings (SSSR count). The van der Waals surface area contributed by atoms with Gasteiger partial charge in [-0.15, -0.1) is 0 Å². The van der Waals surface area contributed by atoms with Crippen LogP contribution in [-0.2, 0) is 4.79 Å². The van der Waals surface area contributed by atoms with E-state index in [1.54, 1.807) is 18.2 Å². The first kappa shape index (κ1) is 30.8. The van der Waals surface area contributed by atoms with Gasteiger partial charge in [0.1, 0.15) is 12.1 Å². The van der Waals surface area contributed by atoms with Crippen molar-refractivity contribution in [3.63, 3.8) is 0 Å². The van der Waals surface area contributed by atoms with Crippen molar-refractivity contribution in [1.82, 2.24) is 0 Å². The molecule has 0 saturated carbocycles. The van der Waals surface area contributed by atoms with Gasteiger partial charge in [-0.2, -0.15) is 0 Å². The van der Waals surface area contributed by atoms with Crippen molar-refractivity contribution in [3.05, 3.63) is 72.9 Å². The molecule has 4 heteroatoms. The fourth-order valence-electron chi connectivity index (χ4n) is 3.57. The van der Waals surface area contributed by atoms with E-state index in [0.717, 1.165) is 6.42 Å². The number of nitrogens with zero attached hydrogens (tertiary/aromatic N) is 1. The van der Waals surface area contributed by atoms with Gasteiger partial charge in [0, 0.05) is 0 Å². The van der Waals surface area contributed by atoms with Crippen LogP contribution < -0.4 is 0 Å². The number of hydrogen-bond acceptors (Lipinski definition) is 2. The molecule has 0 aliphatic heterocycles. The molecule has 0 aliphatic carbocycles. The van der Waals surface area contributed by atoms with Crippen LogP contribution in [0.2, 0.25) is 0 Å². The Hall–Kier alpha value is -2.17. The number of aliphatic hydroxyl groups is 1. The molecule has 2 N–H and O–H groups in total. The highest BCUT2D eigenvalue weighted by Crippen LogP contribution is 2.16. The van der Waals surface area contributed by atoms with Gasteiger partial charge in [0.25, 0.3) is 0 Å². The molecule has 0 unspecified atom stereocenters. The van der Waals surface area contributed by atoms with Crippen LogP contribution in [0.15, 0.2) is 72.9 Å². The van der Waals surface area contributed by atoms with Crippen LogP contribution in [0.4, 0.5) is 0 Å². The first-order valence-corrected chi connectivity index (χ1v) is 12.4. The average Bonchev–Trinajstić information content (AvgIpc) is 2.70. The van der Waals surface area contributed by atoms with Gasteiger partial charge in [0.15, 0.2) is 0 Å². The Bertz CT molecular complexity index is 677. The number of rotatable bonds is 19. The first-order chi connectivity index (χ1) is 15.7. The van der Waals surface area contributed by atoms with E-state index in [1.165, 1.54) is 51.4 Å². The highest BCUT2D eigenvalue weighted by atomic mass is 16.4. The lowest BCUT2D eigenvalue weighted by Crippen LogP contribution is -2.49. The summed E-state index contributed by atoms with van der Waals surface area (Å²) >= 11 is 0. The van der Waals surface area contributed by atoms with E-state index in [2.05, 4.69) is 19.1 Å². The van der Waals surface area contributed by atoms with Crippen molar-refractivity contribution in [2.24, 2.45) is 0 Å². The molecule has 0 fully saturated rings. The standard InChI is InChI=1S/C29H47NO3/c1-5-6-7-8-9-10-11-12-13-14-15-16-17-18-19-20-21-22-23-24-25-29(33,26-28(31)32)27-30(2,3)4/h14-25,33H,5-13,26-27H2,1-4H3/p+1/t29-/m1/s1. The fraction of sp³-hybridized carbons (Fsp3) is 0.552. The van der Waals surface area contributed by atoms with E-state index >= 15 is 0 Å². The molecule has 0 amide bonds. The van der Waals surface area contributed by atoms with E-state index < -0.39 is 11.6 Å². The topological polar surface area (TPSA) is 57.5 Å². The summed E-state index contributed by atoms with van der Waals surface area (Å²) in [6.45, 7) is 2.58. The van der Waals surface area contributed by atoms with E-state index in [-0.39, 0.29) is 6.42 Å². The molecule has 0 aromatic rings. The van der Waals surface area contributed by atoms with Crippen molar-refractivity contribution in [2.45, 2.75) is 76.7 Å². The minimum atomic E-state index is -1.37. The number of allylic oxidation sites excluding steroid dienone is 11. The molecule has 0 aromatic heterocycles. The lowest BCUT2D eigenvalue weighted by atomic mass is 9.97. The Balaban J connectivity index is 4.10. The lowest BCUT2D eigenvalue weighted by molar-refractivity contribution is -0.876. The lowest BCUT2D eigenvalue weighted by Gasteiger charge is -2.32. The van der Waals surface area contributed by atoms with Crippen LogP contribution in [0.5, 0.6) is 0 Å². The van der Waals surface area contributed by atoms with Gasteiger partial charge in [-0.05, 0) is 18.9 Å². The Kier molecular flexibility index (Phi) is 18.0. The van der Waals surface area contributed by atoms with Crippen molar-refractivity contribution < 1.29 is 19.5 Å². The summed E-state index contributed by atoms with van der Waals surface area (Å²) in [5, 5.41) is 19.7. The summed E-state index contributed by atoms with van der Waals surface area (Å²) in [6, 6.07) is 0. The number of carboxylic acid groups (broad SMARTS) is 1. The second-order valence-electron chi connectivity index (χ2n) is 9.71. The monoisotopic (exact) mass is 458 g/mol.